The summed E-state index contributed by atoms with van der Waals surface area (Å²) in [6.45, 7) is 17.2. The van der Waals surface area contributed by atoms with Crippen LogP contribution in [0.5, 0.6) is 0 Å². The van der Waals surface area contributed by atoms with E-state index < -0.39 is 8.25 Å². The zero-order valence-electron chi connectivity index (χ0n) is 14.5. The number of hydrogen-bond donors (Lipinski definition) is 1. The second-order valence-corrected chi connectivity index (χ2v) is 10.0. The first-order valence-corrected chi connectivity index (χ1v) is 10.7. The van der Waals surface area contributed by atoms with Gasteiger partial charge in [0.15, 0.2) is 5.59 Å². The lowest BCUT2D eigenvalue weighted by Crippen LogP contribution is -2.34. The van der Waals surface area contributed by atoms with Crippen LogP contribution < -0.4 is 0 Å². The van der Waals surface area contributed by atoms with Crippen LogP contribution in [0.2, 0.25) is 0 Å². The molecule has 126 valence electrons. The van der Waals surface area contributed by atoms with E-state index in [1.54, 1.807) is 0 Å². The summed E-state index contributed by atoms with van der Waals surface area (Å²) >= 11 is 0. The molecular formula is C13H32N2O3P3+. The Kier molecular flexibility index (Phi) is 11.0. The van der Waals surface area contributed by atoms with Crippen molar-refractivity contribution in [2.45, 2.75) is 85.1 Å². The van der Waals surface area contributed by atoms with E-state index >= 15 is 0 Å². The molecule has 0 spiro atoms. The molecule has 0 rings (SSSR count). The van der Waals surface area contributed by atoms with Crippen LogP contribution in [0.25, 0.3) is 0 Å². The Balaban J connectivity index is 4.97. The number of hydrogen-bond acceptors (Lipinski definition) is 4. The van der Waals surface area contributed by atoms with Crippen molar-refractivity contribution in [2.24, 2.45) is 0 Å². The van der Waals surface area contributed by atoms with Crippen LogP contribution in [0.3, 0.4) is 0 Å². The molecule has 0 fully saturated rings. The Morgan fingerprint density at radius 2 is 1.10 bits per heavy atom. The molecule has 0 saturated heterocycles. The zero-order valence-corrected chi connectivity index (χ0v) is 17.4. The Hall–Kier alpha value is 0.800. The average Bonchev–Trinajstić information content (AvgIpc) is 2.29. The Morgan fingerprint density at radius 3 is 1.29 bits per heavy atom. The van der Waals surface area contributed by atoms with Gasteiger partial charge in [0, 0.05) is 28.7 Å². The first-order valence-electron chi connectivity index (χ1n) is 7.48. The van der Waals surface area contributed by atoms with Crippen LogP contribution in [0, 0.1) is 0 Å². The van der Waals surface area contributed by atoms with Gasteiger partial charge in [0.2, 0.25) is 0 Å². The molecule has 0 aromatic heterocycles. The van der Waals surface area contributed by atoms with Crippen molar-refractivity contribution in [1.82, 2.24) is 9.34 Å². The van der Waals surface area contributed by atoms with Crippen LogP contribution in [0.15, 0.2) is 0 Å². The fourth-order valence-electron chi connectivity index (χ4n) is 2.23. The van der Waals surface area contributed by atoms with Crippen molar-refractivity contribution in [2.75, 3.05) is 0 Å². The predicted octanol–water partition coefficient (Wildman–Crippen LogP) is 4.36. The molecule has 3 atom stereocenters. The van der Waals surface area contributed by atoms with E-state index in [1.165, 1.54) is 0 Å². The maximum Gasteiger partial charge on any atom is 0.695 e. The van der Waals surface area contributed by atoms with E-state index in [4.69, 9.17) is 9.42 Å². The molecule has 1 N–H and O–H groups in total. The normalized spacial score (nSPS) is 16.2. The minimum absolute atomic E-state index is 0.215. The highest BCUT2D eigenvalue weighted by atomic mass is 31.1. The third-order valence-corrected chi connectivity index (χ3v) is 7.88. The van der Waals surface area contributed by atoms with Gasteiger partial charge in [-0.3, -0.25) is 9.34 Å². The highest BCUT2D eigenvalue weighted by Gasteiger charge is 2.30. The molecule has 0 bridgehead atoms. The van der Waals surface area contributed by atoms with Crippen LogP contribution in [-0.2, 0) is 9.09 Å². The van der Waals surface area contributed by atoms with Gasteiger partial charge >= 0.3 is 8.25 Å². The zero-order chi connectivity index (χ0) is 16.7. The lowest BCUT2D eigenvalue weighted by Gasteiger charge is -2.36. The molecule has 21 heavy (non-hydrogen) atoms. The van der Waals surface area contributed by atoms with Crippen LogP contribution in [0.1, 0.15) is 55.4 Å². The summed E-state index contributed by atoms with van der Waals surface area (Å²) < 4.78 is 21.1. The molecule has 3 unspecified atom stereocenters. The quantitative estimate of drug-likeness (QED) is 0.589. The molecule has 0 aromatic carbocycles. The van der Waals surface area contributed by atoms with Gasteiger partial charge in [-0.1, -0.05) is 0 Å². The summed E-state index contributed by atoms with van der Waals surface area (Å²) in [4.78, 5) is 9.16. The SMILES string of the molecule is CC(C)N(PC(O[P+](=O)O)PN(C(C)C)C(C)C)C(C)C. The maximum absolute atomic E-state index is 11.1. The van der Waals surface area contributed by atoms with Gasteiger partial charge in [0.25, 0.3) is 0 Å². The summed E-state index contributed by atoms with van der Waals surface area (Å²) in [5, 5.41) is 0. The predicted molar refractivity (Wildman–Crippen MR) is 95.6 cm³/mol. The van der Waals surface area contributed by atoms with Crippen molar-refractivity contribution in [3.63, 3.8) is 0 Å². The summed E-state index contributed by atoms with van der Waals surface area (Å²) in [6, 6.07) is 1.56. The maximum atomic E-state index is 11.1. The molecule has 0 aliphatic rings. The van der Waals surface area contributed by atoms with E-state index in [2.05, 4.69) is 64.7 Å². The summed E-state index contributed by atoms with van der Waals surface area (Å²) in [6.07, 6.45) is 0. The highest BCUT2D eigenvalue weighted by molar-refractivity contribution is 7.55. The summed E-state index contributed by atoms with van der Waals surface area (Å²) in [7, 11) is -1.80. The minimum Gasteiger partial charge on any atom is -0.277 e. The van der Waals surface area contributed by atoms with E-state index in [0.29, 0.717) is 41.6 Å². The highest BCUT2D eigenvalue weighted by Crippen LogP contribution is 2.47. The van der Waals surface area contributed by atoms with Gasteiger partial charge in [-0.2, -0.15) is 0 Å². The second-order valence-electron chi connectivity index (χ2n) is 6.17. The van der Waals surface area contributed by atoms with Crippen LogP contribution in [-0.4, -0.2) is 44.0 Å². The molecule has 0 radical (unpaired) electrons. The molecule has 8 heteroatoms. The van der Waals surface area contributed by atoms with Crippen molar-refractivity contribution < 1.29 is 14.0 Å². The molecule has 0 saturated carbocycles. The standard InChI is InChI=1S/C13H31N2O3P3/c1-9(2)14(10(3)4)19-13(18-21(16)17)20-15(11(5)6)12(7)8/h9-13,19-20H,1-8H3/p+1. The molecular weight excluding hydrogens is 325 g/mol. The van der Waals surface area contributed by atoms with Gasteiger partial charge in [-0.05, 0) is 72.9 Å². The van der Waals surface area contributed by atoms with Crippen molar-refractivity contribution in [1.29, 1.82) is 0 Å². The first kappa shape index (κ1) is 21.8. The van der Waals surface area contributed by atoms with E-state index in [1.807, 2.05) is 0 Å². The fourth-order valence-corrected chi connectivity index (χ4v) is 6.18. The van der Waals surface area contributed by atoms with Gasteiger partial charge < -0.3 is 0 Å². The van der Waals surface area contributed by atoms with Crippen molar-refractivity contribution in [3.8, 4) is 0 Å². The van der Waals surface area contributed by atoms with Crippen LogP contribution in [0.4, 0.5) is 0 Å². The number of rotatable bonds is 10. The van der Waals surface area contributed by atoms with E-state index in [9.17, 15) is 4.57 Å². The van der Waals surface area contributed by atoms with Crippen molar-refractivity contribution in [3.05, 3.63) is 0 Å². The molecule has 0 aliphatic carbocycles. The average molecular weight is 357 g/mol. The smallest absolute Gasteiger partial charge is 0.277 e. The monoisotopic (exact) mass is 357 g/mol. The molecule has 0 aliphatic heterocycles. The Bertz CT molecular complexity index is 277. The summed E-state index contributed by atoms with van der Waals surface area (Å²) in [5.74, 6) is 0. The second kappa shape index (κ2) is 10.6. The topological polar surface area (TPSA) is 53.0 Å². The lowest BCUT2D eigenvalue weighted by atomic mass is 10.3. The van der Waals surface area contributed by atoms with Gasteiger partial charge in [0.05, 0.1) is 0 Å². The third kappa shape index (κ3) is 8.86. The third-order valence-electron chi connectivity index (χ3n) is 2.95. The van der Waals surface area contributed by atoms with Gasteiger partial charge in [0.1, 0.15) is 0 Å². The number of nitrogens with zero attached hydrogens (tertiary/aromatic N) is 2. The lowest BCUT2D eigenvalue weighted by molar-refractivity contribution is 0.270. The van der Waals surface area contributed by atoms with Gasteiger partial charge in [-0.15, -0.1) is 9.42 Å². The molecule has 0 amide bonds. The summed E-state index contributed by atoms with van der Waals surface area (Å²) in [5.41, 5.74) is -0.215. The van der Waals surface area contributed by atoms with Crippen molar-refractivity contribution >= 4 is 25.7 Å². The van der Waals surface area contributed by atoms with E-state index in [0.717, 1.165) is 0 Å². The molecule has 0 aromatic rings. The van der Waals surface area contributed by atoms with Gasteiger partial charge in [-0.25, -0.2) is 0 Å². The van der Waals surface area contributed by atoms with E-state index in [-0.39, 0.29) is 5.59 Å². The minimum atomic E-state index is -2.57. The molecule has 0 heterocycles. The Labute approximate surface area is 134 Å². The fraction of sp³-hybridized carbons (Fsp3) is 1.00. The first-order chi connectivity index (χ1) is 9.56. The van der Waals surface area contributed by atoms with Crippen LogP contribution >= 0.6 is 25.7 Å². The molecule has 5 nitrogen and oxygen atoms in total. The largest absolute Gasteiger partial charge is 0.695 e. The Morgan fingerprint density at radius 1 is 0.810 bits per heavy atom.